The summed E-state index contributed by atoms with van der Waals surface area (Å²) in [6.07, 6.45) is 9.01. The molecule has 1 atom stereocenters. The summed E-state index contributed by atoms with van der Waals surface area (Å²) in [5.41, 5.74) is 1.44. The second-order valence-electron chi connectivity index (χ2n) is 6.86. The zero-order valence-corrected chi connectivity index (χ0v) is 12.9. The standard InChI is InChI=1S/C19H27NO/c21-18-17(9-4-8-16-6-2-1-3-7-16)10-5-11-19(18)12-14-20-15-13-19/h1-3,6-7,17,20H,4-5,8-15H2. The Labute approximate surface area is 128 Å². The van der Waals surface area contributed by atoms with Gasteiger partial charge in [-0.3, -0.25) is 4.79 Å². The average Bonchev–Trinajstić information content (AvgIpc) is 2.54. The highest BCUT2D eigenvalue weighted by Crippen LogP contribution is 2.44. The number of carbonyl (C=O) groups is 1. The summed E-state index contributed by atoms with van der Waals surface area (Å²) in [7, 11) is 0. The van der Waals surface area contributed by atoms with Crippen LogP contribution in [0.1, 0.15) is 50.5 Å². The van der Waals surface area contributed by atoms with Crippen molar-refractivity contribution in [3.05, 3.63) is 35.9 Å². The Morgan fingerprint density at radius 1 is 1.10 bits per heavy atom. The van der Waals surface area contributed by atoms with Crippen LogP contribution in [0.2, 0.25) is 0 Å². The van der Waals surface area contributed by atoms with E-state index >= 15 is 0 Å². The maximum absolute atomic E-state index is 12.9. The molecule has 1 unspecified atom stereocenters. The van der Waals surface area contributed by atoms with E-state index in [0.29, 0.717) is 11.7 Å². The van der Waals surface area contributed by atoms with Gasteiger partial charge in [0, 0.05) is 11.3 Å². The molecule has 1 aromatic rings. The monoisotopic (exact) mass is 285 g/mol. The normalized spacial score (nSPS) is 25.1. The van der Waals surface area contributed by atoms with Crippen molar-refractivity contribution in [2.75, 3.05) is 13.1 Å². The molecule has 0 radical (unpaired) electrons. The molecule has 1 heterocycles. The largest absolute Gasteiger partial charge is 0.317 e. The molecule has 2 heteroatoms. The molecule has 1 aromatic carbocycles. The minimum Gasteiger partial charge on any atom is -0.317 e. The van der Waals surface area contributed by atoms with E-state index in [1.165, 1.54) is 12.0 Å². The lowest BCUT2D eigenvalue weighted by Gasteiger charge is -2.42. The van der Waals surface area contributed by atoms with Gasteiger partial charge in [-0.1, -0.05) is 36.8 Å². The Morgan fingerprint density at radius 2 is 1.86 bits per heavy atom. The molecule has 3 rings (SSSR count). The molecule has 1 spiro atoms. The summed E-state index contributed by atoms with van der Waals surface area (Å²) in [5.74, 6) is 0.934. The van der Waals surface area contributed by atoms with Crippen molar-refractivity contribution < 1.29 is 4.79 Å². The van der Waals surface area contributed by atoms with Gasteiger partial charge in [-0.15, -0.1) is 0 Å². The van der Waals surface area contributed by atoms with Gasteiger partial charge in [-0.05, 0) is 63.6 Å². The van der Waals surface area contributed by atoms with Gasteiger partial charge < -0.3 is 5.32 Å². The molecule has 0 amide bonds. The Kier molecular flexibility index (Phi) is 4.74. The second-order valence-corrected chi connectivity index (χ2v) is 6.86. The van der Waals surface area contributed by atoms with Gasteiger partial charge in [0.05, 0.1) is 0 Å². The van der Waals surface area contributed by atoms with Crippen LogP contribution in [0.3, 0.4) is 0 Å². The molecular formula is C19H27NO. The topological polar surface area (TPSA) is 29.1 Å². The molecule has 0 aromatic heterocycles. The number of benzene rings is 1. The molecule has 2 nitrogen and oxygen atoms in total. The van der Waals surface area contributed by atoms with Gasteiger partial charge in [0.15, 0.2) is 0 Å². The lowest BCUT2D eigenvalue weighted by atomic mass is 9.63. The molecule has 114 valence electrons. The molecule has 1 saturated carbocycles. The maximum atomic E-state index is 12.9. The SMILES string of the molecule is O=C1C(CCCc2ccccc2)CCCC12CCNCC2. The van der Waals surface area contributed by atoms with Crippen LogP contribution in [0, 0.1) is 11.3 Å². The van der Waals surface area contributed by atoms with Crippen molar-refractivity contribution in [3.63, 3.8) is 0 Å². The van der Waals surface area contributed by atoms with E-state index < -0.39 is 0 Å². The number of carbonyl (C=O) groups excluding carboxylic acids is 1. The van der Waals surface area contributed by atoms with E-state index in [9.17, 15) is 4.79 Å². The van der Waals surface area contributed by atoms with Crippen molar-refractivity contribution >= 4 is 5.78 Å². The van der Waals surface area contributed by atoms with Gasteiger partial charge in [-0.25, -0.2) is 0 Å². The molecule has 1 N–H and O–H groups in total. The van der Waals surface area contributed by atoms with Crippen LogP contribution in [-0.4, -0.2) is 18.9 Å². The number of hydrogen-bond donors (Lipinski definition) is 1. The predicted molar refractivity (Wildman–Crippen MR) is 86.3 cm³/mol. The highest BCUT2D eigenvalue weighted by atomic mass is 16.1. The maximum Gasteiger partial charge on any atom is 0.142 e. The Balaban J connectivity index is 1.54. The number of nitrogens with one attached hydrogen (secondary N) is 1. The number of aryl methyl sites for hydroxylation is 1. The van der Waals surface area contributed by atoms with Crippen LogP contribution in [-0.2, 0) is 11.2 Å². The lowest BCUT2D eigenvalue weighted by molar-refractivity contribution is -0.138. The van der Waals surface area contributed by atoms with Crippen LogP contribution < -0.4 is 5.32 Å². The summed E-state index contributed by atoms with van der Waals surface area (Å²) >= 11 is 0. The van der Waals surface area contributed by atoms with Gasteiger partial charge in [0.2, 0.25) is 0 Å². The van der Waals surface area contributed by atoms with E-state index in [0.717, 1.165) is 58.0 Å². The third-order valence-electron chi connectivity index (χ3n) is 5.52. The summed E-state index contributed by atoms with van der Waals surface area (Å²) < 4.78 is 0. The lowest BCUT2D eigenvalue weighted by Crippen LogP contribution is -2.47. The van der Waals surface area contributed by atoms with Crippen LogP contribution in [0.5, 0.6) is 0 Å². The molecule has 1 saturated heterocycles. The van der Waals surface area contributed by atoms with Crippen molar-refractivity contribution in [1.82, 2.24) is 5.32 Å². The number of Topliss-reactive ketones (excluding diaryl/α,β-unsaturated/α-hetero) is 1. The fourth-order valence-corrected chi connectivity index (χ4v) is 4.25. The van der Waals surface area contributed by atoms with Gasteiger partial charge in [0.1, 0.15) is 5.78 Å². The van der Waals surface area contributed by atoms with Crippen LogP contribution in [0.25, 0.3) is 0 Å². The van der Waals surface area contributed by atoms with E-state index in [1.54, 1.807) is 0 Å². The predicted octanol–water partition coefficient (Wildman–Crippen LogP) is 3.75. The van der Waals surface area contributed by atoms with Gasteiger partial charge >= 0.3 is 0 Å². The Morgan fingerprint density at radius 3 is 2.62 bits per heavy atom. The molecule has 1 aliphatic carbocycles. The van der Waals surface area contributed by atoms with Crippen LogP contribution in [0.4, 0.5) is 0 Å². The average molecular weight is 285 g/mol. The summed E-state index contributed by atoms with van der Waals surface area (Å²) in [6, 6.07) is 10.7. The van der Waals surface area contributed by atoms with E-state index in [1.807, 2.05) is 0 Å². The Hall–Kier alpha value is -1.15. The van der Waals surface area contributed by atoms with Crippen LogP contribution in [0.15, 0.2) is 30.3 Å². The van der Waals surface area contributed by atoms with E-state index in [2.05, 4.69) is 35.6 Å². The van der Waals surface area contributed by atoms with E-state index in [4.69, 9.17) is 0 Å². The quantitative estimate of drug-likeness (QED) is 0.913. The van der Waals surface area contributed by atoms with Gasteiger partial charge in [-0.2, -0.15) is 0 Å². The number of rotatable bonds is 4. The number of piperidine rings is 1. The van der Waals surface area contributed by atoms with Gasteiger partial charge in [0.25, 0.3) is 0 Å². The molecular weight excluding hydrogens is 258 g/mol. The minimum atomic E-state index is 0.0426. The fraction of sp³-hybridized carbons (Fsp3) is 0.632. The third-order valence-corrected chi connectivity index (χ3v) is 5.52. The van der Waals surface area contributed by atoms with Crippen molar-refractivity contribution in [2.24, 2.45) is 11.3 Å². The highest BCUT2D eigenvalue weighted by Gasteiger charge is 2.44. The Bertz CT molecular complexity index is 456. The van der Waals surface area contributed by atoms with Crippen molar-refractivity contribution in [1.29, 1.82) is 0 Å². The molecule has 1 aliphatic heterocycles. The highest BCUT2D eigenvalue weighted by molar-refractivity contribution is 5.87. The minimum absolute atomic E-state index is 0.0426. The van der Waals surface area contributed by atoms with Crippen molar-refractivity contribution in [3.8, 4) is 0 Å². The van der Waals surface area contributed by atoms with E-state index in [-0.39, 0.29) is 5.41 Å². The first kappa shape index (κ1) is 14.8. The fourth-order valence-electron chi connectivity index (χ4n) is 4.25. The summed E-state index contributed by atoms with van der Waals surface area (Å²) in [6.45, 7) is 2.06. The first-order chi connectivity index (χ1) is 10.3. The zero-order chi connectivity index (χ0) is 14.5. The molecule has 2 aliphatic rings. The zero-order valence-electron chi connectivity index (χ0n) is 12.9. The third kappa shape index (κ3) is 3.37. The first-order valence-corrected chi connectivity index (χ1v) is 8.59. The first-order valence-electron chi connectivity index (χ1n) is 8.59. The smallest absolute Gasteiger partial charge is 0.142 e. The van der Waals surface area contributed by atoms with Crippen LogP contribution >= 0.6 is 0 Å². The summed E-state index contributed by atoms with van der Waals surface area (Å²) in [5, 5.41) is 3.40. The summed E-state index contributed by atoms with van der Waals surface area (Å²) in [4.78, 5) is 12.9. The molecule has 21 heavy (non-hydrogen) atoms. The molecule has 0 bridgehead atoms. The van der Waals surface area contributed by atoms with Crippen molar-refractivity contribution in [2.45, 2.75) is 51.4 Å². The molecule has 2 fully saturated rings. The number of ketones is 1. The number of hydrogen-bond acceptors (Lipinski definition) is 2. The second kappa shape index (κ2) is 6.74.